The molecule has 2 aromatic heterocycles. The Balaban J connectivity index is 1.99. The van der Waals surface area contributed by atoms with Crippen molar-refractivity contribution in [2.24, 2.45) is 7.05 Å². The Kier molecular flexibility index (Phi) is 3.77. The van der Waals surface area contributed by atoms with Crippen LogP contribution in [0.15, 0.2) is 18.3 Å². The predicted molar refractivity (Wildman–Crippen MR) is 72.2 cm³/mol. The van der Waals surface area contributed by atoms with Gasteiger partial charge in [-0.15, -0.1) is 0 Å². The maximum atomic E-state index is 4.41. The van der Waals surface area contributed by atoms with E-state index >= 15 is 0 Å². The molecule has 0 amide bonds. The van der Waals surface area contributed by atoms with E-state index in [0.29, 0.717) is 0 Å². The Hall–Kier alpha value is -1.68. The van der Waals surface area contributed by atoms with Crippen molar-refractivity contribution in [2.75, 3.05) is 0 Å². The predicted octanol–water partition coefficient (Wildman–Crippen LogP) is 2.03. The van der Waals surface area contributed by atoms with Gasteiger partial charge in [0.25, 0.3) is 0 Å². The molecule has 18 heavy (non-hydrogen) atoms. The number of pyridine rings is 1. The van der Waals surface area contributed by atoms with Crippen molar-refractivity contribution in [2.45, 2.75) is 33.9 Å². The molecule has 96 valence electrons. The van der Waals surface area contributed by atoms with E-state index in [4.69, 9.17) is 0 Å². The third-order valence-electron chi connectivity index (χ3n) is 3.37. The zero-order valence-electron chi connectivity index (χ0n) is 11.5. The van der Waals surface area contributed by atoms with E-state index in [1.54, 1.807) is 0 Å². The van der Waals surface area contributed by atoms with Crippen LogP contribution in [0.2, 0.25) is 0 Å². The average Bonchev–Trinajstić information content (AvgIpc) is 2.58. The molecule has 1 N–H and O–H groups in total. The van der Waals surface area contributed by atoms with E-state index in [9.17, 15) is 0 Å². The van der Waals surface area contributed by atoms with Gasteiger partial charge in [-0.3, -0.25) is 9.67 Å². The van der Waals surface area contributed by atoms with Crippen LogP contribution in [0.3, 0.4) is 0 Å². The zero-order valence-corrected chi connectivity index (χ0v) is 11.5. The number of hydrogen-bond acceptors (Lipinski definition) is 3. The van der Waals surface area contributed by atoms with Gasteiger partial charge in [0.15, 0.2) is 0 Å². The van der Waals surface area contributed by atoms with Gasteiger partial charge in [0.05, 0.1) is 11.4 Å². The zero-order chi connectivity index (χ0) is 13.1. The third-order valence-corrected chi connectivity index (χ3v) is 3.37. The molecule has 2 rings (SSSR count). The lowest BCUT2D eigenvalue weighted by atomic mass is 10.2. The Morgan fingerprint density at radius 1 is 1.22 bits per heavy atom. The van der Waals surface area contributed by atoms with E-state index in [1.807, 2.05) is 24.0 Å². The summed E-state index contributed by atoms with van der Waals surface area (Å²) in [5, 5.41) is 7.85. The number of aryl methyl sites for hydroxylation is 3. The lowest BCUT2D eigenvalue weighted by Crippen LogP contribution is -2.15. The lowest BCUT2D eigenvalue weighted by Gasteiger charge is -2.07. The van der Waals surface area contributed by atoms with Gasteiger partial charge < -0.3 is 5.32 Å². The van der Waals surface area contributed by atoms with E-state index in [2.05, 4.69) is 42.2 Å². The van der Waals surface area contributed by atoms with Crippen molar-refractivity contribution in [3.63, 3.8) is 0 Å². The minimum Gasteiger partial charge on any atom is -0.307 e. The number of nitrogens with zero attached hydrogens (tertiary/aromatic N) is 3. The topological polar surface area (TPSA) is 42.7 Å². The molecule has 0 atom stereocenters. The Morgan fingerprint density at radius 3 is 2.61 bits per heavy atom. The first kappa shape index (κ1) is 12.8. The summed E-state index contributed by atoms with van der Waals surface area (Å²) in [5.74, 6) is 0. The van der Waals surface area contributed by atoms with Crippen LogP contribution in [0.5, 0.6) is 0 Å². The monoisotopic (exact) mass is 244 g/mol. The number of nitrogens with one attached hydrogen (secondary N) is 1. The Morgan fingerprint density at radius 2 is 2.00 bits per heavy atom. The van der Waals surface area contributed by atoms with Crippen molar-refractivity contribution in [1.82, 2.24) is 20.1 Å². The van der Waals surface area contributed by atoms with Gasteiger partial charge in [0.1, 0.15) is 0 Å². The van der Waals surface area contributed by atoms with Crippen molar-refractivity contribution in [1.29, 1.82) is 0 Å². The molecule has 4 nitrogen and oxygen atoms in total. The van der Waals surface area contributed by atoms with Gasteiger partial charge in [0, 0.05) is 37.6 Å². The van der Waals surface area contributed by atoms with E-state index in [-0.39, 0.29) is 0 Å². The van der Waals surface area contributed by atoms with Gasteiger partial charge in [-0.05, 0) is 32.4 Å². The summed E-state index contributed by atoms with van der Waals surface area (Å²) in [4.78, 5) is 4.38. The van der Waals surface area contributed by atoms with Crippen LogP contribution >= 0.6 is 0 Å². The van der Waals surface area contributed by atoms with Crippen LogP contribution in [0.25, 0.3) is 0 Å². The second-order valence-electron chi connectivity index (χ2n) is 4.64. The normalized spacial score (nSPS) is 10.9. The molecule has 0 unspecified atom stereocenters. The number of aromatic nitrogens is 3. The van der Waals surface area contributed by atoms with Crippen LogP contribution in [0, 0.1) is 20.8 Å². The Labute approximate surface area is 108 Å². The van der Waals surface area contributed by atoms with Gasteiger partial charge in [-0.2, -0.15) is 5.10 Å². The van der Waals surface area contributed by atoms with Crippen molar-refractivity contribution >= 4 is 0 Å². The van der Waals surface area contributed by atoms with E-state index in [0.717, 1.165) is 24.5 Å². The molecule has 0 spiro atoms. The lowest BCUT2D eigenvalue weighted by molar-refractivity contribution is 0.669. The van der Waals surface area contributed by atoms with E-state index in [1.165, 1.54) is 16.8 Å². The van der Waals surface area contributed by atoms with Crippen LogP contribution in [0.1, 0.15) is 28.2 Å². The molecular weight excluding hydrogens is 224 g/mol. The highest BCUT2D eigenvalue weighted by atomic mass is 15.3. The molecule has 2 heterocycles. The second kappa shape index (κ2) is 5.31. The third kappa shape index (κ3) is 2.59. The second-order valence-corrected chi connectivity index (χ2v) is 4.64. The summed E-state index contributed by atoms with van der Waals surface area (Å²) >= 11 is 0. The smallest absolute Gasteiger partial charge is 0.0641 e. The summed E-state index contributed by atoms with van der Waals surface area (Å²) < 4.78 is 1.93. The molecule has 4 heteroatoms. The highest BCUT2D eigenvalue weighted by Gasteiger charge is 2.08. The summed E-state index contributed by atoms with van der Waals surface area (Å²) in [6.45, 7) is 7.87. The van der Waals surface area contributed by atoms with E-state index < -0.39 is 0 Å². The van der Waals surface area contributed by atoms with Gasteiger partial charge in [-0.25, -0.2) is 0 Å². The first-order valence-corrected chi connectivity index (χ1v) is 6.20. The minimum absolute atomic E-state index is 0.792. The summed E-state index contributed by atoms with van der Waals surface area (Å²) in [5.41, 5.74) is 5.94. The molecule has 0 aliphatic heterocycles. The van der Waals surface area contributed by atoms with Crippen molar-refractivity contribution in [3.8, 4) is 0 Å². The molecule has 0 bridgehead atoms. The largest absolute Gasteiger partial charge is 0.307 e. The van der Waals surface area contributed by atoms with Gasteiger partial charge in [-0.1, -0.05) is 6.07 Å². The van der Waals surface area contributed by atoms with Crippen LogP contribution < -0.4 is 5.32 Å². The first-order chi connectivity index (χ1) is 8.59. The highest BCUT2D eigenvalue weighted by molar-refractivity contribution is 5.24. The minimum atomic E-state index is 0.792. The maximum absolute atomic E-state index is 4.41. The molecule has 0 aromatic carbocycles. The molecular formula is C14H20N4. The van der Waals surface area contributed by atoms with Crippen molar-refractivity contribution < 1.29 is 0 Å². The van der Waals surface area contributed by atoms with Crippen molar-refractivity contribution in [3.05, 3.63) is 46.5 Å². The molecule has 0 aliphatic carbocycles. The standard InChI is InChI=1S/C14H20N4/c1-10-6-5-7-16-14(10)9-15-8-13-11(2)17-18(4)12(13)3/h5-7,15H,8-9H2,1-4H3. The fraction of sp³-hybridized carbons (Fsp3) is 0.429. The molecule has 0 saturated carbocycles. The average molecular weight is 244 g/mol. The molecule has 0 radical (unpaired) electrons. The summed E-state index contributed by atoms with van der Waals surface area (Å²) in [7, 11) is 1.98. The number of hydrogen-bond donors (Lipinski definition) is 1. The van der Waals surface area contributed by atoms with Crippen LogP contribution in [-0.4, -0.2) is 14.8 Å². The quantitative estimate of drug-likeness (QED) is 0.895. The molecule has 0 aliphatic rings. The number of rotatable bonds is 4. The fourth-order valence-corrected chi connectivity index (χ4v) is 2.08. The first-order valence-electron chi connectivity index (χ1n) is 6.20. The molecule has 2 aromatic rings. The fourth-order valence-electron chi connectivity index (χ4n) is 2.08. The summed E-state index contributed by atoms with van der Waals surface area (Å²) in [6, 6.07) is 4.05. The van der Waals surface area contributed by atoms with Crippen LogP contribution in [-0.2, 0) is 20.1 Å². The Bertz CT molecular complexity index is 543. The highest BCUT2D eigenvalue weighted by Crippen LogP contribution is 2.11. The SMILES string of the molecule is Cc1cccnc1CNCc1c(C)nn(C)c1C. The van der Waals surface area contributed by atoms with Gasteiger partial charge in [0.2, 0.25) is 0 Å². The van der Waals surface area contributed by atoms with Gasteiger partial charge >= 0.3 is 0 Å². The van der Waals surface area contributed by atoms with Crippen LogP contribution in [0.4, 0.5) is 0 Å². The molecule has 0 fully saturated rings. The maximum Gasteiger partial charge on any atom is 0.0641 e. The summed E-state index contributed by atoms with van der Waals surface area (Å²) in [6.07, 6.45) is 1.84. The molecule has 0 saturated heterocycles.